The minimum Gasteiger partial charge on any atom is -0.508 e. The number of phenols is 1. The van der Waals surface area contributed by atoms with E-state index in [1.54, 1.807) is 12.1 Å². The maximum Gasteiger partial charge on any atom is 0.293 e. The highest BCUT2D eigenvalue weighted by Gasteiger charge is 2.06. The Hall–Kier alpha value is -2.28. The van der Waals surface area contributed by atoms with E-state index >= 15 is 0 Å². The fraction of sp³-hybridized carbons (Fsp3) is 0.167. The van der Waals surface area contributed by atoms with E-state index in [4.69, 9.17) is 0 Å². The lowest BCUT2D eigenvalue weighted by atomic mass is 10.1. The Labute approximate surface area is 112 Å². The molecule has 0 amide bonds. The Kier molecular flexibility index (Phi) is 2.96. The van der Waals surface area contributed by atoms with E-state index in [1.807, 2.05) is 12.1 Å². The van der Waals surface area contributed by atoms with Gasteiger partial charge in [-0.2, -0.15) is 14.7 Å². The van der Waals surface area contributed by atoms with Gasteiger partial charge in [0.1, 0.15) is 17.0 Å². The van der Waals surface area contributed by atoms with Crippen molar-refractivity contribution < 1.29 is 5.11 Å². The van der Waals surface area contributed by atoms with Crippen LogP contribution in [-0.2, 0) is 12.8 Å². The highest BCUT2D eigenvalue weighted by atomic mass is 32.1. The van der Waals surface area contributed by atoms with Crippen molar-refractivity contribution in [1.82, 2.24) is 19.8 Å². The van der Waals surface area contributed by atoms with Gasteiger partial charge in [0.05, 0.1) is 0 Å². The number of aromatic hydroxyl groups is 1. The molecule has 0 unspecified atom stereocenters. The summed E-state index contributed by atoms with van der Waals surface area (Å²) in [6.45, 7) is 0. The highest BCUT2D eigenvalue weighted by molar-refractivity contribution is 7.16. The summed E-state index contributed by atoms with van der Waals surface area (Å²) >= 11 is 1.36. The molecular formula is C12H10N4O2S. The van der Waals surface area contributed by atoms with Crippen molar-refractivity contribution in [3.63, 3.8) is 0 Å². The Bertz CT molecular complexity index is 763. The van der Waals surface area contributed by atoms with Gasteiger partial charge in [-0.3, -0.25) is 4.79 Å². The summed E-state index contributed by atoms with van der Waals surface area (Å²) < 4.78 is 1.27. The van der Waals surface area contributed by atoms with Gasteiger partial charge >= 0.3 is 0 Å². The second-order valence-electron chi connectivity index (χ2n) is 4.04. The first-order valence-electron chi connectivity index (χ1n) is 5.71. The molecule has 2 heterocycles. The number of fused-ring (bicyclic) bond motifs is 1. The summed E-state index contributed by atoms with van der Waals surface area (Å²) in [5.74, 6) is 0.255. The number of hydrogen-bond donors (Lipinski definition) is 1. The van der Waals surface area contributed by atoms with Crippen molar-refractivity contribution in [2.75, 3.05) is 0 Å². The molecule has 7 heteroatoms. The molecule has 3 aromatic rings. The first kappa shape index (κ1) is 11.8. The van der Waals surface area contributed by atoms with Crippen LogP contribution in [0.4, 0.5) is 0 Å². The normalized spacial score (nSPS) is 10.9. The molecule has 0 bridgehead atoms. The predicted octanol–water partition coefficient (Wildman–Crippen LogP) is 1.04. The number of aryl methyl sites for hydroxylation is 2. The molecule has 1 N–H and O–H groups in total. The van der Waals surface area contributed by atoms with Gasteiger partial charge in [-0.1, -0.05) is 23.5 Å². The first-order valence-corrected chi connectivity index (χ1v) is 6.52. The van der Waals surface area contributed by atoms with E-state index in [9.17, 15) is 9.90 Å². The second-order valence-corrected chi connectivity index (χ2v) is 5.08. The maximum atomic E-state index is 11.5. The van der Waals surface area contributed by atoms with Crippen molar-refractivity contribution in [2.24, 2.45) is 0 Å². The molecule has 0 aliphatic carbocycles. The maximum absolute atomic E-state index is 11.5. The third-order valence-electron chi connectivity index (χ3n) is 2.69. The summed E-state index contributed by atoms with van der Waals surface area (Å²) in [6.07, 6.45) is 2.66. The fourth-order valence-electron chi connectivity index (χ4n) is 1.73. The lowest BCUT2D eigenvalue weighted by Gasteiger charge is -1.98. The molecular weight excluding hydrogens is 264 g/mol. The van der Waals surface area contributed by atoms with E-state index < -0.39 is 0 Å². The average molecular weight is 274 g/mol. The van der Waals surface area contributed by atoms with Crippen LogP contribution in [0.3, 0.4) is 0 Å². The van der Waals surface area contributed by atoms with Crippen molar-refractivity contribution in [1.29, 1.82) is 0 Å². The van der Waals surface area contributed by atoms with Gasteiger partial charge in [0.25, 0.3) is 5.56 Å². The van der Waals surface area contributed by atoms with Crippen LogP contribution in [0.5, 0.6) is 5.75 Å². The Balaban J connectivity index is 1.80. The van der Waals surface area contributed by atoms with Gasteiger partial charge in [-0.25, -0.2) is 0 Å². The molecule has 96 valence electrons. The van der Waals surface area contributed by atoms with Crippen molar-refractivity contribution >= 4 is 16.3 Å². The lowest BCUT2D eigenvalue weighted by Crippen LogP contribution is -2.14. The van der Waals surface area contributed by atoms with Crippen LogP contribution in [0.1, 0.15) is 10.6 Å². The van der Waals surface area contributed by atoms with Crippen molar-refractivity contribution in [2.45, 2.75) is 12.8 Å². The van der Waals surface area contributed by atoms with Crippen LogP contribution in [-0.4, -0.2) is 24.9 Å². The predicted molar refractivity (Wildman–Crippen MR) is 70.4 cm³/mol. The van der Waals surface area contributed by atoms with Gasteiger partial charge in [-0.15, -0.1) is 5.10 Å². The van der Waals surface area contributed by atoms with Crippen LogP contribution in [0.15, 0.2) is 35.3 Å². The monoisotopic (exact) mass is 274 g/mol. The molecule has 0 fully saturated rings. The van der Waals surface area contributed by atoms with Gasteiger partial charge in [0.2, 0.25) is 4.96 Å². The van der Waals surface area contributed by atoms with Crippen LogP contribution in [0, 0.1) is 0 Å². The SMILES string of the molecule is O=c1cnnc2sc(CCc3ccc(O)cc3)nn12. The minimum absolute atomic E-state index is 0.255. The fourth-order valence-corrected chi connectivity index (χ4v) is 2.57. The van der Waals surface area contributed by atoms with Gasteiger partial charge in [0.15, 0.2) is 0 Å². The first-order chi connectivity index (χ1) is 9.22. The Morgan fingerprint density at radius 2 is 2.00 bits per heavy atom. The van der Waals surface area contributed by atoms with E-state index in [1.165, 1.54) is 15.9 Å². The lowest BCUT2D eigenvalue weighted by molar-refractivity contribution is 0.475. The molecule has 0 saturated heterocycles. The molecule has 3 rings (SSSR count). The molecule has 0 atom stereocenters. The van der Waals surface area contributed by atoms with Gasteiger partial charge in [0, 0.05) is 6.42 Å². The Morgan fingerprint density at radius 1 is 1.21 bits per heavy atom. The van der Waals surface area contributed by atoms with Crippen LogP contribution >= 0.6 is 11.3 Å². The quantitative estimate of drug-likeness (QED) is 0.771. The van der Waals surface area contributed by atoms with E-state index in [0.29, 0.717) is 4.96 Å². The summed E-state index contributed by atoms with van der Waals surface area (Å²) in [7, 11) is 0. The molecule has 6 nitrogen and oxygen atoms in total. The van der Waals surface area contributed by atoms with Gasteiger partial charge in [-0.05, 0) is 24.1 Å². The minimum atomic E-state index is -0.267. The number of rotatable bonds is 3. The summed E-state index contributed by atoms with van der Waals surface area (Å²) in [6, 6.07) is 7.05. The number of benzene rings is 1. The zero-order chi connectivity index (χ0) is 13.2. The number of aromatic nitrogens is 4. The third kappa shape index (κ3) is 2.45. The Morgan fingerprint density at radius 3 is 2.74 bits per heavy atom. The van der Waals surface area contributed by atoms with Crippen molar-refractivity contribution in [3.05, 3.63) is 51.4 Å². The molecule has 0 saturated carbocycles. The molecule has 0 aliphatic heterocycles. The number of hydrogen-bond acceptors (Lipinski definition) is 6. The highest BCUT2D eigenvalue weighted by Crippen LogP contribution is 2.15. The van der Waals surface area contributed by atoms with Crippen LogP contribution in [0.2, 0.25) is 0 Å². The van der Waals surface area contributed by atoms with E-state index in [0.717, 1.165) is 29.6 Å². The summed E-state index contributed by atoms with van der Waals surface area (Å²) in [4.78, 5) is 12.0. The molecule has 0 radical (unpaired) electrons. The van der Waals surface area contributed by atoms with E-state index in [-0.39, 0.29) is 11.3 Å². The third-order valence-corrected chi connectivity index (χ3v) is 3.64. The average Bonchev–Trinajstić information content (AvgIpc) is 2.83. The molecule has 0 spiro atoms. The zero-order valence-corrected chi connectivity index (χ0v) is 10.7. The van der Waals surface area contributed by atoms with Crippen LogP contribution in [0.25, 0.3) is 4.96 Å². The second kappa shape index (κ2) is 4.77. The molecule has 1 aromatic carbocycles. The smallest absolute Gasteiger partial charge is 0.293 e. The number of phenolic OH excluding ortho intramolecular Hbond substituents is 1. The van der Waals surface area contributed by atoms with Gasteiger partial charge < -0.3 is 5.11 Å². The summed E-state index contributed by atoms with van der Waals surface area (Å²) in [5, 5.41) is 21.7. The van der Waals surface area contributed by atoms with E-state index in [2.05, 4.69) is 15.3 Å². The largest absolute Gasteiger partial charge is 0.508 e. The summed E-state index contributed by atoms with van der Waals surface area (Å²) in [5.41, 5.74) is 0.840. The van der Waals surface area contributed by atoms with Crippen LogP contribution < -0.4 is 5.56 Å². The topological polar surface area (TPSA) is 80.4 Å². The standard InChI is InChI=1S/C12H10N4O2S/c17-9-4-1-8(2-5-9)3-6-10-15-16-11(18)7-13-14-12(16)19-10/h1-2,4-5,7,17H,3,6H2. The molecule has 0 aliphatic rings. The zero-order valence-electron chi connectivity index (χ0n) is 9.85. The van der Waals surface area contributed by atoms with Crippen molar-refractivity contribution in [3.8, 4) is 5.75 Å². The molecule has 2 aromatic heterocycles. The number of nitrogens with zero attached hydrogens (tertiary/aromatic N) is 4. The molecule has 19 heavy (non-hydrogen) atoms.